The standard InChI is InChI=1S/C27H23FN2O4S2/c28-21-10-12-23(13-11-21)36(32,33)30-15-14-19-6-4-5-9-24(19)25(30)16-26(31)34-17-22-18-35-27(29-22)20-7-2-1-3-8-20/h1-13,18,25H,14-17H2/t25-/m0/s1. The van der Waals surface area contributed by atoms with E-state index in [9.17, 15) is 17.6 Å². The van der Waals surface area contributed by atoms with E-state index in [2.05, 4.69) is 4.98 Å². The zero-order valence-corrected chi connectivity index (χ0v) is 20.8. The molecule has 1 aliphatic rings. The molecule has 184 valence electrons. The third-order valence-corrected chi connectivity index (χ3v) is 8.96. The van der Waals surface area contributed by atoms with Gasteiger partial charge < -0.3 is 4.74 Å². The molecule has 0 N–H and O–H groups in total. The molecule has 0 unspecified atom stereocenters. The lowest BCUT2D eigenvalue weighted by Gasteiger charge is -2.36. The first-order chi connectivity index (χ1) is 17.4. The lowest BCUT2D eigenvalue weighted by atomic mass is 9.92. The normalized spacial score (nSPS) is 15.9. The van der Waals surface area contributed by atoms with Gasteiger partial charge in [-0.05, 0) is 41.8 Å². The third-order valence-electron chi connectivity index (χ3n) is 6.10. The van der Waals surface area contributed by atoms with Crippen LogP contribution in [-0.4, -0.2) is 30.2 Å². The van der Waals surface area contributed by atoms with Gasteiger partial charge in [-0.25, -0.2) is 17.8 Å². The second kappa shape index (κ2) is 10.3. The maximum absolute atomic E-state index is 13.5. The number of nitrogens with zero attached hydrogens (tertiary/aromatic N) is 2. The lowest BCUT2D eigenvalue weighted by Crippen LogP contribution is -2.41. The monoisotopic (exact) mass is 522 g/mol. The Bertz CT molecular complexity index is 1470. The van der Waals surface area contributed by atoms with Gasteiger partial charge in [0.15, 0.2) is 0 Å². The Morgan fingerprint density at radius 3 is 2.53 bits per heavy atom. The number of sulfonamides is 1. The molecule has 5 rings (SSSR count). The number of carbonyl (C=O) groups is 1. The fourth-order valence-corrected chi connectivity index (χ4v) is 6.74. The highest BCUT2D eigenvalue weighted by Crippen LogP contribution is 2.36. The van der Waals surface area contributed by atoms with E-state index >= 15 is 0 Å². The molecule has 0 amide bonds. The second-order valence-electron chi connectivity index (χ2n) is 8.41. The molecule has 0 saturated carbocycles. The SMILES string of the molecule is O=C(C[C@H]1c2ccccc2CCN1S(=O)(=O)c1ccc(F)cc1)OCc1csc(-c2ccccc2)n1. The number of fused-ring (bicyclic) bond motifs is 1. The van der Waals surface area contributed by atoms with Crippen molar-refractivity contribution in [2.45, 2.75) is 30.4 Å². The summed E-state index contributed by atoms with van der Waals surface area (Å²) in [5, 5.41) is 2.68. The lowest BCUT2D eigenvalue weighted by molar-refractivity contribution is -0.146. The average Bonchev–Trinajstić information content (AvgIpc) is 3.37. The van der Waals surface area contributed by atoms with Gasteiger partial charge in [0.05, 0.1) is 23.1 Å². The maximum Gasteiger partial charge on any atom is 0.308 e. The molecule has 1 atom stereocenters. The van der Waals surface area contributed by atoms with Gasteiger partial charge in [0.1, 0.15) is 17.4 Å². The summed E-state index contributed by atoms with van der Waals surface area (Å²) in [4.78, 5) is 17.4. The van der Waals surface area contributed by atoms with Crippen molar-refractivity contribution in [1.29, 1.82) is 0 Å². The molecule has 0 fully saturated rings. The van der Waals surface area contributed by atoms with Gasteiger partial charge in [-0.1, -0.05) is 54.6 Å². The van der Waals surface area contributed by atoms with Crippen molar-refractivity contribution in [3.8, 4) is 10.6 Å². The third kappa shape index (κ3) is 5.09. The molecule has 0 radical (unpaired) electrons. The van der Waals surface area contributed by atoms with Crippen LogP contribution < -0.4 is 0 Å². The van der Waals surface area contributed by atoms with E-state index in [1.54, 1.807) is 0 Å². The number of rotatable bonds is 7. The first-order valence-corrected chi connectivity index (χ1v) is 13.7. The van der Waals surface area contributed by atoms with Crippen LogP contribution in [0.3, 0.4) is 0 Å². The van der Waals surface area contributed by atoms with E-state index < -0.39 is 27.9 Å². The highest BCUT2D eigenvalue weighted by molar-refractivity contribution is 7.89. The van der Waals surface area contributed by atoms with Crippen molar-refractivity contribution in [2.24, 2.45) is 0 Å². The molecule has 0 bridgehead atoms. The number of ether oxygens (including phenoxy) is 1. The van der Waals surface area contributed by atoms with Gasteiger partial charge in [-0.15, -0.1) is 11.3 Å². The Morgan fingerprint density at radius 2 is 1.75 bits per heavy atom. The summed E-state index contributed by atoms with van der Waals surface area (Å²) in [6.45, 7) is 0.211. The number of hydrogen-bond donors (Lipinski definition) is 0. The van der Waals surface area contributed by atoms with E-state index in [0.29, 0.717) is 12.1 Å². The van der Waals surface area contributed by atoms with Crippen LogP contribution >= 0.6 is 11.3 Å². The second-order valence-corrected chi connectivity index (χ2v) is 11.2. The zero-order chi connectivity index (χ0) is 25.1. The van der Waals surface area contributed by atoms with Crippen molar-refractivity contribution in [2.75, 3.05) is 6.54 Å². The molecule has 0 spiro atoms. The number of benzene rings is 3. The van der Waals surface area contributed by atoms with Crippen LogP contribution in [0.25, 0.3) is 10.6 Å². The van der Waals surface area contributed by atoms with E-state index in [4.69, 9.17) is 4.74 Å². The Labute approximate surface area is 213 Å². The number of esters is 1. The number of carbonyl (C=O) groups excluding carboxylic acids is 1. The van der Waals surface area contributed by atoms with E-state index in [1.165, 1.54) is 27.8 Å². The van der Waals surface area contributed by atoms with Crippen LogP contribution in [0.4, 0.5) is 4.39 Å². The molecule has 6 nitrogen and oxygen atoms in total. The molecule has 0 aliphatic carbocycles. The summed E-state index contributed by atoms with van der Waals surface area (Å²) < 4.78 is 47.2. The first-order valence-electron chi connectivity index (χ1n) is 11.4. The Kier molecular flexibility index (Phi) is 6.95. The quantitative estimate of drug-likeness (QED) is 0.305. The molecule has 4 aromatic rings. The minimum Gasteiger partial charge on any atom is -0.459 e. The van der Waals surface area contributed by atoms with Crippen molar-refractivity contribution < 1.29 is 22.3 Å². The fraction of sp³-hybridized carbons (Fsp3) is 0.185. The van der Waals surface area contributed by atoms with Crippen LogP contribution in [0.1, 0.15) is 29.3 Å². The Morgan fingerprint density at radius 1 is 1.03 bits per heavy atom. The van der Waals surface area contributed by atoms with E-state index in [-0.39, 0.29) is 24.5 Å². The van der Waals surface area contributed by atoms with Crippen molar-refractivity contribution in [3.63, 3.8) is 0 Å². The zero-order valence-electron chi connectivity index (χ0n) is 19.2. The summed E-state index contributed by atoms with van der Waals surface area (Å²) in [7, 11) is -3.96. The van der Waals surface area contributed by atoms with E-state index in [0.717, 1.165) is 33.8 Å². The van der Waals surface area contributed by atoms with Gasteiger partial charge in [-0.2, -0.15) is 4.31 Å². The minimum atomic E-state index is -3.96. The van der Waals surface area contributed by atoms with Crippen LogP contribution in [-0.2, 0) is 32.6 Å². The summed E-state index contributed by atoms with van der Waals surface area (Å²) in [5.74, 6) is -1.04. The van der Waals surface area contributed by atoms with Crippen molar-refractivity contribution in [1.82, 2.24) is 9.29 Å². The van der Waals surface area contributed by atoms with E-state index in [1.807, 2.05) is 60.0 Å². The maximum atomic E-state index is 13.5. The van der Waals surface area contributed by atoms with Gasteiger partial charge in [0.2, 0.25) is 10.0 Å². The molecular formula is C27H23FN2O4S2. The number of hydrogen-bond acceptors (Lipinski definition) is 6. The molecule has 1 aliphatic heterocycles. The summed E-state index contributed by atoms with van der Waals surface area (Å²) in [6, 6.07) is 21.2. The van der Waals surface area contributed by atoms with Crippen molar-refractivity contribution >= 4 is 27.3 Å². The largest absolute Gasteiger partial charge is 0.459 e. The predicted molar refractivity (Wildman–Crippen MR) is 135 cm³/mol. The predicted octanol–water partition coefficient (Wildman–Crippen LogP) is 5.37. The van der Waals surface area contributed by atoms with Crippen LogP contribution in [0.15, 0.2) is 89.1 Å². The molecular weight excluding hydrogens is 499 g/mol. The first kappa shape index (κ1) is 24.3. The molecule has 9 heteroatoms. The van der Waals surface area contributed by atoms with Crippen molar-refractivity contribution in [3.05, 3.63) is 107 Å². The molecule has 0 saturated heterocycles. The summed E-state index contributed by atoms with van der Waals surface area (Å²) in [5.41, 5.74) is 3.38. The highest BCUT2D eigenvalue weighted by Gasteiger charge is 2.37. The minimum absolute atomic E-state index is 0.00124. The smallest absolute Gasteiger partial charge is 0.308 e. The average molecular weight is 523 g/mol. The van der Waals surface area contributed by atoms with Gasteiger partial charge in [-0.3, -0.25) is 4.79 Å². The van der Waals surface area contributed by atoms with Crippen LogP contribution in [0.5, 0.6) is 0 Å². The Balaban J connectivity index is 1.34. The van der Waals surface area contributed by atoms with Crippen LogP contribution in [0, 0.1) is 5.82 Å². The van der Waals surface area contributed by atoms with Gasteiger partial charge in [0, 0.05) is 17.5 Å². The fourth-order valence-electron chi connectivity index (χ4n) is 4.33. The summed E-state index contributed by atoms with van der Waals surface area (Å²) in [6.07, 6.45) is 0.371. The molecule has 2 heterocycles. The Hall–Kier alpha value is -3.40. The molecule has 1 aromatic heterocycles. The number of aromatic nitrogens is 1. The van der Waals surface area contributed by atoms with Gasteiger partial charge in [0.25, 0.3) is 0 Å². The number of halogens is 1. The molecule has 36 heavy (non-hydrogen) atoms. The summed E-state index contributed by atoms with van der Waals surface area (Å²) >= 11 is 1.47. The number of thiazole rings is 1. The molecule has 3 aromatic carbocycles. The van der Waals surface area contributed by atoms with Gasteiger partial charge >= 0.3 is 5.97 Å². The van der Waals surface area contributed by atoms with Crippen LogP contribution in [0.2, 0.25) is 0 Å². The topological polar surface area (TPSA) is 76.6 Å². The highest BCUT2D eigenvalue weighted by atomic mass is 32.2.